The van der Waals surface area contributed by atoms with Crippen molar-refractivity contribution in [3.63, 3.8) is 0 Å². The summed E-state index contributed by atoms with van der Waals surface area (Å²) >= 11 is 0. The number of carbonyl (C=O) groups is 1. The highest BCUT2D eigenvalue weighted by atomic mass is 16.5. The molecule has 0 spiro atoms. The van der Waals surface area contributed by atoms with E-state index in [9.17, 15) is 4.79 Å². The monoisotopic (exact) mass is 262 g/mol. The molecule has 2 rings (SSSR count). The minimum absolute atomic E-state index is 0.128. The zero-order valence-electron chi connectivity index (χ0n) is 12.1. The number of ether oxygens (including phenoxy) is 1. The largest absolute Gasteiger partial charge is 0.468 e. The molecule has 1 unspecified atom stereocenters. The Morgan fingerprint density at radius 2 is 2.05 bits per heavy atom. The third-order valence-electron chi connectivity index (χ3n) is 3.81. The quantitative estimate of drug-likeness (QED) is 0.783. The summed E-state index contributed by atoms with van der Waals surface area (Å²) in [4.78, 5) is 21.0. The second kappa shape index (κ2) is 5.68. The Bertz CT molecular complexity index is 467. The van der Waals surface area contributed by atoms with Gasteiger partial charge in [0.2, 0.25) is 0 Å². The normalized spacial score (nSPS) is 17.1. The first-order valence-corrected chi connectivity index (χ1v) is 6.96. The van der Waals surface area contributed by atoms with E-state index in [0.717, 1.165) is 11.4 Å². The highest BCUT2D eigenvalue weighted by Gasteiger charge is 2.30. The molecule has 104 valence electrons. The molecule has 1 saturated carbocycles. The molecular weight excluding hydrogens is 240 g/mol. The predicted molar refractivity (Wildman–Crippen MR) is 73.0 cm³/mol. The van der Waals surface area contributed by atoms with E-state index < -0.39 is 0 Å². The zero-order chi connectivity index (χ0) is 14.0. The first-order valence-electron chi connectivity index (χ1n) is 6.96. The first kappa shape index (κ1) is 14.0. The standard InChI is InChI=1S/C15H22N2O2/c1-9(2)13(15(18)19-4)14-16-10(3)8-12(17-14)11-6-5-7-11/h8-9,11,13H,5-7H2,1-4H3. The summed E-state index contributed by atoms with van der Waals surface area (Å²) in [6, 6.07) is 2.04. The Kier molecular flexibility index (Phi) is 4.17. The molecule has 0 aromatic carbocycles. The Morgan fingerprint density at radius 3 is 2.53 bits per heavy atom. The minimum Gasteiger partial charge on any atom is -0.468 e. The number of methoxy groups -OCH3 is 1. The van der Waals surface area contributed by atoms with Crippen molar-refractivity contribution >= 4 is 5.97 Å². The maximum absolute atomic E-state index is 11.9. The fraction of sp³-hybridized carbons (Fsp3) is 0.667. The molecule has 0 bridgehead atoms. The highest BCUT2D eigenvalue weighted by molar-refractivity contribution is 5.77. The van der Waals surface area contributed by atoms with Crippen molar-refractivity contribution in [1.82, 2.24) is 9.97 Å². The van der Waals surface area contributed by atoms with Crippen LogP contribution in [-0.4, -0.2) is 23.0 Å². The van der Waals surface area contributed by atoms with Gasteiger partial charge in [-0.25, -0.2) is 9.97 Å². The van der Waals surface area contributed by atoms with E-state index in [1.54, 1.807) is 0 Å². The van der Waals surface area contributed by atoms with Crippen LogP contribution in [0, 0.1) is 12.8 Å². The average molecular weight is 262 g/mol. The number of esters is 1. The second-order valence-electron chi connectivity index (χ2n) is 5.67. The van der Waals surface area contributed by atoms with E-state index in [4.69, 9.17) is 4.74 Å². The lowest BCUT2D eigenvalue weighted by Gasteiger charge is -2.26. The van der Waals surface area contributed by atoms with Crippen LogP contribution in [0.5, 0.6) is 0 Å². The summed E-state index contributed by atoms with van der Waals surface area (Å²) in [6.07, 6.45) is 3.66. The van der Waals surface area contributed by atoms with Crippen LogP contribution in [0.25, 0.3) is 0 Å². The maximum Gasteiger partial charge on any atom is 0.316 e. The number of rotatable bonds is 4. The Hall–Kier alpha value is -1.45. The maximum atomic E-state index is 11.9. The summed E-state index contributed by atoms with van der Waals surface area (Å²) in [5, 5.41) is 0. The van der Waals surface area contributed by atoms with Crippen molar-refractivity contribution in [2.45, 2.75) is 51.9 Å². The van der Waals surface area contributed by atoms with Gasteiger partial charge >= 0.3 is 5.97 Å². The van der Waals surface area contributed by atoms with E-state index in [1.807, 2.05) is 26.8 Å². The molecule has 0 amide bonds. The van der Waals surface area contributed by atoms with Crippen LogP contribution in [0.15, 0.2) is 6.07 Å². The van der Waals surface area contributed by atoms with E-state index in [-0.39, 0.29) is 17.8 Å². The lowest BCUT2D eigenvalue weighted by molar-refractivity contribution is -0.143. The highest BCUT2D eigenvalue weighted by Crippen LogP contribution is 2.36. The van der Waals surface area contributed by atoms with Crippen molar-refractivity contribution in [2.24, 2.45) is 5.92 Å². The summed E-state index contributed by atoms with van der Waals surface area (Å²) in [5.74, 6) is 0.669. The Labute approximate surface area is 114 Å². The molecule has 1 heterocycles. The van der Waals surface area contributed by atoms with Crippen LogP contribution in [-0.2, 0) is 9.53 Å². The minimum atomic E-state index is -0.372. The van der Waals surface area contributed by atoms with Crippen LogP contribution >= 0.6 is 0 Å². The third-order valence-corrected chi connectivity index (χ3v) is 3.81. The zero-order valence-corrected chi connectivity index (χ0v) is 12.1. The van der Waals surface area contributed by atoms with E-state index in [2.05, 4.69) is 9.97 Å². The number of nitrogens with zero attached hydrogens (tertiary/aromatic N) is 2. The molecule has 1 fully saturated rings. The predicted octanol–water partition coefficient (Wildman–Crippen LogP) is 2.97. The van der Waals surface area contributed by atoms with Crippen molar-refractivity contribution in [1.29, 1.82) is 0 Å². The van der Waals surface area contributed by atoms with Gasteiger partial charge in [0.15, 0.2) is 0 Å². The van der Waals surface area contributed by atoms with Crippen molar-refractivity contribution in [3.8, 4) is 0 Å². The number of aromatic nitrogens is 2. The Balaban J connectivity index is 2.35. The molecule has 4 nitrogen and oxygen atoms in total. The number of aryl methyl sites for hydroxylation is 1. The third kappa shape index (κ3) is 2.94. The smallest absolute Gasteiger partial charge is 0.316 e. The van der Waals surface area contributed by atoms with Gasteiger partial charge in [-0.3, -0.25) is 4.79 Å². The molecular formula is C15H22N2O2. The Morgan fingerprint density at radius 1 is 1.37 bits per heavy atom. The molecule has 0 N–H and O–H groups in total. The topological polar surface area (TPSA) is 52.1 Å². The van der Waals surface area contributed by atoms with Crippen molar-refractivity contribution in [2.75, 3.05) is 7.11 Å². The SMILES string of the molecule is COC(=O)C(c1nc(C)cc(C2CCC2)n1)C(C)C. The van der Waals surface area contributed by atoms with Crippen LogP contribution < -0.4 is 0 Å². The van der Waals surface area contributed by atoms with E-state index in [1.165, 1.54) is 26.4 Å². The van der Waals surface area contributed by atoms with Gasteiger partial charge in [0, 0.05) is 17.3 Å². The fourth-order valence-electron chi connectivity index (χ4n) is 2.47. The summed E-state index contributed by atoms with van der Waals surface area (Å²) in [7, 11) is 1.42. The molecule has 0 saturated heterocycles. The van der Waals surface area contributed by atoms with E-state index >= 15 is 0 Å². The van der Waals surface area contributed by atoms with Crippen molar-refractivity contribution < 1.29 is 9.53 Å². The molecule has 4 heteroatoms. The van der Waals surface area contributed by atoms with Gasteiger partial charge in [0.05, 0.1) is 7.11 Å². The van der Waals surface area contributed by atoms with Crippen LogP contribution in [0.2, 0.25) is 0 Å². The fourth-order valence-corrected chi connectivity index (χ4v) is 2.47. The van der Waals surface area contributed by atoms with Crippen LogP contribution in [0.3, 0.4) is 0 Å². The van der Waals surface area contributed by atoms with Gasteiger partial charge in [-0.05, 0) is 31.7 Å². The molecule has 1 aliphatic rings. The molecule has 0 radical (unpaired) electrons. The average Bonchev–Trinajstić information content (AvgIpc) is 2.25. The summed E-state index contributed by atoms with van der Waals surface area (Å²) < 4.78 is 4.89. The molecule has 1 aliphatic carbocycles. The van der Waals surface area contributed by atoms with Gasteiger partial charge < -0.3 is 4.74 Å². The number of hydrogen-bond acceptors (Lipinski definition) is 4. The molecule has 19 heavy (non-hydrogen) atoms. The van der Waals surface area contributed by atoms with Crippen LogP contribution in [0.1, 0.15) is 62.2 Å². The van der Waals surface area contributed by atoms with Gasteiger partial charge in [0.25, 0.3) is 0 Å². The number of hydrogen-bond donors (Lipinski definition) is 0. The summed E-state index contributed by atoms with van der Waals surface area (Å²) in [5.41, 5.74) is 2.02. The van der Waals surface area contributed by atoms with Gasteiger partial charge in [-0.2, -0.15) is 0 Å². The van der Waals surface area contributed by atoms with Gasteiger partial charge in [-0.1, -0.05) is 20.3 Å². The lowest BCUT2D eigenvalue weighted by Crippen LogP contribution is -2.23. The molecule has 1 aromatic rings. The van der Waals surface area contributed by atoms with E-state index in [0.29, 0.717) is 11.7 Å². The van der Waals surface area contributed by atoms with Gasteiger partial charge in [-0.15, -0.1) is 0 Å². The summed E-state index contributed by atoms with van der Waals surface area (Å²) in [6.45, 7) is 5.95. The second-order valence-corrected chi connectivity index (χ2v) is 5.67. The lowest BCUT2D eigenvalue weighted by atomic mass is 9.82. The molecule has 1 aromatic heterocycles. The van der Waals surface area contributed by atoms with Crippen LogP contribution in [0.4, 0.5) is 0 Å². The molecule has 0 aliphatic heterocycles. The van der Waals surface area contributed by atoms with Gasteiger partial charge in [0.1, 0.15) is 11.7 Å². The number of carbonyl (C=O) groups excluding carboxylic acids is 1. The molecule has 1 atom stereocenters. The van der Waals surface area contributed by atoms with Crippen molar-refractivity contribution in [3.05, 3.63) is 23.3 Å². The first-order chi connectivity index (χ1) is 9.02.